The first-order chi connectivity index (χ1) is 10.3. The molecule has 3 rings (SSSR count). The van der Waals surface area contributed by atoms with Crippen molar-refractivity contribution in [3.8, 4) is 5.75 Å². The highest BCUT2D eigenvalue weighted by molar-refractivity contribution is 5.83. The van der Waals surface area contributed by atoms with Gasteiger partial charge < -0.3 is 9.84 Å². The number of hydrogen-bond donors (Lipinski definition) is 1. The molecule has 1 atom stereocenters. The summed E-state index contributed by atoms with van der Waals surface area (Å²) in [6.07, 6.45) is 0.100. The van der Waals surface area contributed by atoms with E-state index in [1.807, 2.05) is 54.6 Å². The molecule has 2 nitrogen and oxygen atoms in total. The summed E-state index contributed by atoms with van der Waals surface area (Å²) in [4.78, 5) is 0. The molecule has 0 aliphatic rings. The van der Waals surface area contributed by atoms with Crippen LogP contribution < -0.4 is 4.74 Å². The molecule has 21 heavy (non-hydrogen) atoms. The monoisotopic (exact) mass is 278 g/mol. The van der Waals surface area contributed by atoms with Gasteiger partial charge in [0.2, 0.25) is 0 Å². The molecule has 2 heteroatoms. The molecule has 0 aromatic heterocycles. The van der Waals surface area contributed by atoms with E-state index < -0.39 is 6.10 Å². The molecule has 0 amide bonds. The van der Waals surface area contributed by atoms with Gasteiger partial charge >= 0.3 is 0 Å². The van der Waals surface area contributed by atoms with E-state index in [1.54, 1.807) is 0 Å². The summed E-state index contributed by atoms with van der Waals surface area (Å²) in [6, 6.07) is 23.9. The fourth-order valence-corrected chi connectivity index (χ4v) is 2.39. The summed E-state index contributed by atoms with van der Waals surface area (Å²) in [5, 5.41) is 12.5. The number of hydrogen-bond acceptors (Lipinski definition) is 2. The Kier molecular flexibility index (Phi) is 4.17. The molecule has 0 aliphatic heterocycles. The predicted molar refractivity (Wildman–Crippen MR) is 85.5 cm³/mol. The largest absolute Gasteiger partial charge is 0.493 e. The van der Waals surface area contributed by atoms with Crippen LogP contribution in [0.1, 0.15) is 18.1 Å². The Balaban J connectivity index is 1.59. The van der Waals surface area contributed by atoms with Gasteiger partial charge in [0.25, 0.3) is 0 Å². The van der Waals surface area contributed by atoms with Crippen molar-refractivity contribution in [1.82, 2.24) is 0 Å². The van der Waals surface area contributed by atoms with Crippen molar-refractivity contribution in [2.45, 2.75) is 12.5 Å². The summed E-state index contributed by atoms with van der Waals surface area (Å²) in [7, 11) is 0. The minimum Gasteiger partial charge on any atom is -0.493 e. The first-order valence-corrected chi connectivity index (χ1v) is 7.17. The van der Waals surface area contributed by atoms with Crippen LogP contribution in [0.25, 0.3) is 10.8 Å². The molecule has 1 unspecified atom stereocenters. The van der Waals surface area contributed by atoms with Crippen molar-refractivity contribution >= 4 is 10.8 Å². The molecule has 0 heterocycles. The second-order valence-corrected chi connectivity index (χ2v) is 5.07. The van der Waals surface area contributed by atoms with Crippen LogP contribution in [0.15, 0.2) is 72.8 Å². The molecule has 3 aromatic carbocycles. The standard InChI is InChI=1S/C19H18O2/c20-19(16-7-2-1-3-8-16)12-13-21-18-11-10-15-6-4-5-9-17(15)14-18/h1-11,14,19-20H,12-13H2. The minimum atomic E-state index is -0.480. The Morgan fingerprint density at radius 1 is 0.810 bits per heavy atom. The highest BCUT2D eigenvalue weighted by atomic mass is 16.5. The van der Waals surface area contributed by atoms with E-state index in [-0.39, 0.29) is 0 Å². The number of ether oxygens (including phenoxy) is 1. The highest BCUT2D eigenvalue weighted by Gasteiger charge is 2.07. The average molecular weight is 278 g/mol. The van der Waals surface area contributed by atoms with Gasteiger partial charge in [-0.3, -0.25) is 0 Å². The molecular weight excluding hydrogens is 260 g/mol. The maximum atomic E-state index is 10.1. The molecular formula is C19H18O2. The third-order valence-electron chi connectivity index (χ3n) is 3.57. The summed E-state index contributed by atoms with van der Waals surface area (Å²) in [5.74, 6) is 0.842. The smallest absolute Gasteiger partial charge is 0.119 e. The summed E-state index contributed by atoms with van der Waals surface area (Å²) >= 11 is 0. The van der Waals surface area contributed by atoms with E-state index in [9.17, 15) is 5.11 Å². The van der Waals surface area contributed by atoms with Crippen LogP contribution in [0.2, 0.25) is 0 Å². The third kappa shape index (κ3) is 3.41. The fraction of sp³-hybridized carbons (Fsp3) is 0.158. The molecule has 3 aromatic rings. The van der Waals surface area contributed by atoms with E-state index >= 15 is 0 Å². The Hall–Kier alpha value is -2.32. The lowest BCUT2D eigenvalue weighted by Crippen LogP contribution is -2.05. The number of rotatable bonds is 5. The third-order valence-corrected chi connectivity index (χ3v) is 3.57. The van der Waals surface area contributed by atoms with E-state index in [2.05, 4.69) is 18.2 Å². The first kappa shape index (κ1) is 13.7. The lowest BCUT2D eigenvalue weighted by molar-refractivity contribution is 0.141. The van der Waals surface area contributed by atoms with Gasteiger partial charge in [-0.2, -0.15) is 0 Å². The minimum absolute atomic E-state index is 0.480. The zero-order valence-corrected chi connectivity index (χ0v) is 11.8. The van der Waals surface area contributed by atoms with Crippen LogP contribution in [-0.4, -0.2) is 11.7 Å². The first-order valence-electron chi connectivity index (χ1n) is 7.17. The van der Waals surface area contributed by atoms with Gasteiger partial charge in [-0.25, -0.2) is 0 Å². The van der Waals surface area contributed by atoms with Crippen LogP contribution >= 0.6 is 0 Å². The number of aliphatic hydroxyl groups is 1. The van der Waals surface area contributed by atoms with Crippen molar-refractivity contribution in [3.05, 3.63) is 78.4 Å². The molecule has 0 saturated carbocycles. The average Bonchev–Trinajstić information content (AvgIpc) is 2.55. The second-order valence-electron chi connectivity index (χ2n) is 5.07. The second kappa shape index (κ2) is 6.42. The van der Waals surface area contributed by atoms with Crippen LogP contribution in [0, 0.1) is 0 Å². The molecule has 0 spiro atoms. The maximum absolute atomic E-state index is 10.1. The van der Waals surface area contributed by atoms with Crippen molar-refractivity contribution in [1.29, 1.82) is 0 Å². The van der Waals surface area contributed by atoms with Gasteiger partial charge in [0.05, 0.1) is 12.7 Å². The topological polar surface area (TPSA) is 29.5 Å². The molecule has 0 saturated heterocycles. The molecule has 106 valence electrons. The molecule has 0 aliphatic carbocycles. The van der Waals surface area contributed by atoms with Crippen molar-refractivity contribution < 1.29 is 9.84 Å². The van der Waals surface area contributed by atoms with Crippen LogP contribution in [-0.2, 0) is 0 Å². The van der Waals surface area contributed by atoms with Crippen molar-refractivity contribution in [3.63, 3.8) is 0 Å². The predicted octanol–water partition coefficient (Wildman–Crippen LogP) is 4.34. The van der Waals surface area contributed by atoms with Gasteiger partial charge in [-0.1, -0.05) is 60.7 Å². The summed E-state index contributed by atoms with van der Waals surface area (Å²) < 4.78 is 5.75. The van der Waals surface area contributed by atoms with E-state index in [0.29, 0.717) is 13.0 Å². The van der Waals surface area contributed by atoms with Gasteiger partial charge in [0.1, 0.15) is 5.75 Å². The van der Waals surface area contributed by atoms with Crippen LogP contribution in [0.5, 0.6) is 5.75 Å². The molecule has 0 radical (unpaired) electrons. The van der Waals surface area contributed by atoms with Gasteiger partial charge in [0.15, 0.2) is 0 Å². The lowest BCUT2D eigenvalue weighted by atomic mass is 10.1. The maximum Gasteiger partial charge on any atom is 0.119 e. The lowest BCUT2D eigenvalue weighted by Gasteiger charge is -2.12. The summed E-state index contributed by atoms with van der Waals surface area (Å²) in [6.45, 7) is 0.494. The number of benzene rings is 3. The Bertz CT molecular complexity index is 707. The Labute approximate surface area is 124 Å². The zero-order valence-electron chi connectivity index (χ0n) is 11.8. The van der Waals surface area contributed by atoms with E-state index in [4.69, 9.17) is 4.74 Å². The molecule has 1 N–H and O–H groups in total. The zero-order chi connectivity index (χ0) is 14.5. The highest BCUT2D eigenvalue weighted by Crippen LogP contribution is 2.22. The van der Waals surface area contributed by atoms with Crippen LogP contribution in [0.4, 0.5) is 0 Å². The van der Waals surface area contributed by atoms with Crippen LogP contribution in [0.3, 0.4) is 0 Å². The SMILES string of the molecule is OC(CCOc1ccc2ccccc2c1)c1ccccc1. The van der Waals surface area contributed by atoms with E-state index in [1.165, 1.54) is 10.8 Å². The fourth-order valence-electron chi connectivity index (χ4n) is 2.39. The number of fused-ring (bicyclic) bond motifs is 1. The molecule has 0 bridgehead atoms. The Morgan fingerprint density at radius 2 is 1.52 bits per heavy atom. The molecule has 0 fully saturated rings. The van der Waals surface area contributed by atoms with Crippen molar-refractivity contribution in [2.75, 3.05) is 6.61 Å². The Morgan fingerprint density at radius 3 is 2.33 bits per heavy atom. The number of aliphatic hydroxyl groups excluding tert-OH is 1. The van der Waals surface area contributed by atoms with Gasteiger partial charge in [-0.15, -0.1) is 0 Å². The van der Waals surface area contributed by atoms with E-state index in [0.717, 1.165) is 11.3 Å². The van der Waals surface area contributed by atoms with Gasteiger partial charge in [-0.05, 0) is 28.5 Å². The quantitative estimate of drug-likeness (QED) is 0.752. The normalized spacial score (nSPS) is 12.2. The summed E-state index contributed by atoms with van der Waals surface area (Å²) in [5.41, 5.74) is 0.930. The van der Waals surface area contributed by atoms with Crippen molar-refractivity contribution in [2.24, 2.45) is 0 Å². The van der Waals surface area contributed by atoms with Gasteiger partial charge in [0, 0.05) is 6.42 Å².